The molecular formula is C18H19BrN2O2. The number of carbonyl (C=O) groups excluding carboxylic acids is 2. The van der Waals surface area contributed by atoms with Gasteiger partial charge in [0.05, 0.1) is 12.8 Å². The Morgan fingerprint density at radius 2 is 1.22 bits per heavy atom. The summed E-state index contributed by atoms with van der Waals surface area (Å²) in [5.41, 5.74) is 1.93. The number of halogens is 1. The normalized spacial score (nSPS) is 10.1. The maximum Gasteiger partial charge on any atom is 0.224 e. The van der Waals surface area contributed by atoms with Crippen molar-refractivity contribution in [1.82, 2.24) is 10.6 Å². The Kier molecular flexibility index (Phi) is 6.81. The molecule has 2 N–H and O–H groups in total. The van der Waals surface area contributed by atoms with E-state index in [1.807, 2.05) is 54.6 Å². The van der Waals surface area contributed by atoms with Gasteiger partial charge in [-0.3, -0.25) is 9.59 Å². The van der Waals surface area contributed by atoms with Gasteiger partial charge in [0.15, 0.2) is 0 Å². The third-order valence-electron chi connectivity index (χ3n) is 3.25. The maximum absolute atomic E-state index is 11.8. The lowest BCUT2D eigenvalue weighted by molar-refractivity contribution is -0.122. The van der Waals surface area contributed by atoms with Crippen molar-refractivity contribution >= 4 is 27.7 Å². The second-order valence-corrected chi connectivity index (χ2v) is 6.08. The molecule has 23 heavy (non-hydrogen) atoms. The van der Waals surface area contributed by atoms with Crippen LogP contribution in [0, 0.1) is 0 Å². The molecule has 2 aromatic rings. The predicted octanol–water partition coefficient (Wildman–Crippen LogP) is 2.47. The van der Waals surface area contributed by atoms with Crippen molar-refractivity contribution in [2.45, 2.75) is 12.8 Å². The first kappa shape index (κ1) is 17.2. The second-order valence-electron chi connectivity index (χ2n) is 5.17. The first-order valence-electron chi connectivity index (χ1n) is 7.45. The Morgan fingerprint density at radius 3 is 1.74 bits per heavy atom. The van der Waals surface area contributed by atoms with Gasteiger partial charge in [-0.15, -0.1) is 0 Å². The summed E-state index contributed by atoms with van der Waals surface area (Å²) in [4.78, 5) is 23.5. The fourth-order valence-electron chi connectivity index (χ4n) is 2.10. The summed E-state index contributed by atoms with van der Waals surface area (Å²) < 4.78 is 0.989. The molecule has 0 radical (unpaired) electrons. The molecule has 120 valence electrons. The van der Waals surface area contributed by atoms with Crippen molar-refractivity contribution in [2.24, 2.45) is 0 Å². The van der Waals surface area contributed by atoms with Crippen LogP contribution >= 0.6 is 15.9 Å². The molecule has 2 aromatic carbocycles. The molecular weight excluding hydrogens is 356 g/mol. The van der Waals surface area contributed by atoms with Crippen molar-refractivity contribution in [2.75, 3.05) is 13.1 Å². The van der Waals surface area contributed by atoms with Crippen molar-refractivity contribution in [3.05, 3.63) is 70.2 Å². The van der Waals surface area contributed by atoms with E-state index < -0.39 is 0 Å². The number of amides is 2. The van der Waals surface area contributed by atoms with Crippen molar-refractivity contribution in [3.63, 3.8) is 0 Å². The molecule has 0 fully saturated rings. The molecule has 0 spiro atoms. The molecule has 0 unspecified atom stereocenters. The molecule has 0 saturated heterocycles. The minimum atomic E-state index is -0.0513. The standard InChI is InChI=1S/C18H19BrN2O2/c19-16-8-6-15(7-9-16)13-18(23)21-11-10-20-17(22)12-14-4-2-1-3-5-14/h1-9H,10-13H2,(H,20,22)(H,21,23). The lowest BCUT2D eigenvalue weighted by atomic mass is 10.1. The smallest absolute Gasteiger partial charge is 0.224 e. The molecule has 0 saturated carbocycles. The van der Waals surface area contributed by atoms with E-state index >= 15 is 0 Å². The predicted molar refractivity (Wildman–Crippen MR) is 94.0 cm³/mol. The molecule has 0 aliphatic carbocycles. The summed E-state index contributed by atoms with van der Waals surface area (Å²) in [6.07, 6.45) is 0.693. The van der Waals surface area contributed by atoms with Crippen LogP contribution in [0.1, 0.15) is 11.1 Å². The van der Waals surface area contributed by atoms with Crippen LogP contribution in [-0.2, 0) is 22.4 Å². The highest BCUT2D eigenvalue weighted by molar-refractivity contribution is 9.10. The van der Waals surface area contributed by atoms with Gasteiger partial charge in [0.2, 0.25) is 11.8 Å². The number of hydrogen-bond acceptors (Lipinski definition) is 2. The fourth-order valence-corrected chi connectivity index (χ4v) is 2.36. The van der Waals surface area contributed by atoms with Gasteiger partial charge < -0.3 is 10.6 Å². The average molecular weight is 375 g/mol. The van der Waals surface area contributed by atoms with Gasteiger partial charge in [-0.25, -0.2) is 0 Å². The van der Waals surface area contributed by atoms with Crippen LogP contribution in [0.3, 0.4) is 0 Å². The zero-order chi connectivity index (χ0) is 16.5. The molecule has 4 nitrogen and oxygen atoms in total. The Hall–Kier alpha value is -2.14. The number of carbonyl (C=O) groups is 2. The number of nitrogens with one attached hydrogen (secondary N) is 2. The SMILES string of the molecule is O=C(Cc1ccccc1)NCCNC(=O)Cc1ccc(Br)cc1. The first-order valence-corrected chi connectivity index (χ1v) is 8.24. The van der Waals surface area contributed by atoms with Gasteiger partial charge in [0, 0.05) is 17.6 Å². The molecule has 0 bridgehead atoms. The molecule has 2 amide bonds. The minimum Gasteiger partial charge on any atom is -0.354 e. The third-order valence-corrected chi connectivity index (χ3v) is 3.78. The third kappa shape index (κ3) is 6.65. The molecule has 2 rings (SSSR count). The van der Waals surface area contributed by atoms with Crippen LogP contribution in [0.25, 0.3) is 0 Å². The summed E-state index contributed by atoms with van der Waals surface area (Å²) in [6.45, 7) is 0.855. The largest absolute Gasteiger partial charge is 0.354 e. The van der Waals surface area contributed by atoms with Gasteiger partial charge in [-0.1, -0.05) is 58.4 Å². The van der Waals surface area contributed by atoms with E-state index in [9.17, 15) is 9.59 Å². The zero-order valence-corrected chi connectivity index (χ0v) is 14.3. The highest BCUT2D eigenvalue weighted by Gasteiger charge is 2.04. The van der Waals surface area contributed by atoms with Gasteiger partial charge in [0.25, 0.3) is 0 Å². The van der Waals surface area contributed by atoms with Gasteiger partial charge in [-0.2, -0.15) is 0 Å². The molecule has 0 atom stereocenters. The average Bonchev–Trinajstić information content (AvgIpc) is 2.55. The lowest BCUT2D eigenvalue weighted by Gasteiger charge is -2.07. The Labute approximate surface area is 144 Å². The van der Waals surface area contributed by atoms with E-state index in [0.717, 1.165) is 15.6 Å². The Bertz CT molecular complexity index is 642. The molecule has 0 aromatic heterocycles. The van der Waals surface area contributed by atoms with Crippen LogP contribution in [0.4, 0.5) is 0 Å². The highest BCUT2D eigenvalue weighted by atomic mass is 79.9. The van der Waals surface area contributed by atoms with Gasteiger partial charge >= 0.3 is 0 Å². The maximum atomic E-state index is 11.8. The minimum absolute atomic E-state index is 0.0432. The molecule has 5 heteroatoms. The highest BCUT2D eigenvalue weighted by Crippen LogP contribution is 2.10. The van der Waals surface area contributed by atoms with E-state index in [1.54, 1.807) is 0 Å². The summed E-state index contributed by atoms with van der Waals surface area (Å²) in [6, 6.07) is 17.2. The van der Waals surface area contributed by atoms with E-state index in [-0.39, 0.29) is 11.8 Å². The van der Waals surface area contributed by atoms with Gasteiger partial charge in [0.1, 0.15) is 0 Å². The fraction of sp³-hybridized carbons (Fsp3) is 0.222. The first-order chi connectivity index (χ1) is 11.1. The zero-order valence-electron chi connectivity index (χ0n) is 12.7. The van der Waals surface area contributed by atoms with Crippen LogP contribution < -0.4 is 10.6 Å². The Balaban J connectivity index is 1.62. The summed E-state index contributed by atoms with van der Waals surface area (Å²) in [5, 5.41) is 5.60. The summed E-state index contributed by atoms with van der Waals surface area (Å²) >= 11 is 3.36. The molecule has 0 heterocycles. The molecule has 0 aliphatic rings. The number of benzene rings is 2. The van der Waals surface area contributed by atoms with Crippen molar-refractivity contribution in [3.8, 4) is 0 Å². The lowest BCUT2D eigenvalue weighted by Crippen LogP contribution is -2.35. The van der Waals surface area contributed by atoms with Gasteiger partial charge in [-0.05, 0) is 23.3 Å². The number of rotatable bonds is 7. The second kappa shape index (κ2) is 9.10. The molecule has 0 aliphatic heterocycles. The Morgan fingerprint density at radius 1 is 0.739 bits per heavy atom. The topological polar surface area (TPSA) is 58.2 Å². The van der Waals surface area contributed by atoms with E-state index in [1.165, 1.54) is 0 Å². The van der Waals surface area contributed by atoms with Crippen LogP contribution in [0.2, 0.25) is 0 Å². The number of hydrogen-bond donors (Lipinski definition) is 2. The van der Waals surface area contributed by atoms with Crippen molar-refractivity contribution in [1.29, 1.82) is 0 Å². The summed E-state index contributed by atoms with van der Waals surface area (Å²) in [5.74, 6) is -0.0945. The summed E-state index contributed by atoms with van der Waals surface area (Å²) in [7, 11) is 0. The van der Waals surface area contributed by atoms with Crippen LogP contribution in [-0.4, -0.2) is 24.9 Å². The quantitative estimate of drug-likeness (QED) is 0.731. The van der Waals surface area contributed by atoms with Crippen molar-refractivity contribution < 1.29 is 9.59 Å². The van der Waals surface area contributed by atoms with Crippen LogP contribution in [0.15, 0.2) is 59.1 Å². The van der Waals surface area contributed by atoms with E-state index in [2.05, 4.69) is 26.6 Å². The van der Waals surface area contributed by atoms with E-state index in [4.69, 9.17) is 0 Å². The van der Waals surface area contributed by atoms with Crippen LogP contribution in [0.5, 0.6) is 0 Å². The van der Waals surface area contributed by atoms with E-state index in [0.29, 0.717) is 25.9 Å². The monoisotopic (exact) mass is 374 g/mol.